The molecule has 0 fully saturated rings. The number of aromatic amines is 1. The minimum absolute atomic E-state index is 0.107. The number of rotatable bonds is 3. The summed E-state index contributed by atoms with van der Waals surface area (Å²) in [5, 5.41) is 9.00. The number of aromatic nitrogens is 3. The number of fused-ring (bicyclic) bond motifs is 1. The Morgan fingerprint density at radius 2 is 2.08 bits per heavy atom. The van der Waals surface area contributed by atoms with Gasteiger partial charge in [-0.1, -0.05) is 24.3 Å². The Kier molecular flexibility index (Phi) is 3.99. The summed E-state index contributed by atoms with van der Waals surface area (Å²) in [5.74, 6) is -0.441. The SMILES string of the molecule is O=C(Nc1ccc(-c2ncn[nH]2)cc1F)C1Cc2ccccc2CO1. The standard InChI is InChI=1S/C18H15FN4O2/c19-14-7-12(17-20-10-21-23-17)5-6-15(14)22-18(24)16-8-11-3-1-2-4-13(11)9-25-16/h1-7,10,16H,8-9H2,(H,22,24)(H,20,21,23). The van der Waals surface area contributed by atoms with Crippen LogP contribution in [0.2, 0.25) is 0 Å². The van der Waals surface area contributed by atoms with Crippen LogP contribution in [0, 0.1) is 5.82 Å². The Morgan fingerprint density at radius 3 is 2.84 bits per heavy atom. The molecule has 0 saturated heterocycles. The molecule has 0 aliphatic carbocycles. The van der Waals surface area contributed by atoms with E-state index in [1.807, 2.05) is 24.3 Å². The zero-order chi connectivity index (χ0) is 17.2. The second-order valence-electron chi connectivity index (χ2n) is 5.79. The first kappa shape index (κ1) is 15.5. The van der Waals surface area contributed by atoms with E-state index in [0.29, 0.717) is 24.4 Å². The molecule has 0 radical (unpaired) electrons. The van der Waals surface area contributed by atoms with Crippen LogP contribution in [-0.2, 0) is 22.6 Å². The van der Waals surface area contributed by atoms with E-state index in [0.717, 1.165) is 11.1 Å². The van der Waals surface area contributed by atoms with Crippen molar-refractivity contribution in [2.24, 2.45) is 0 Å². The quantitative estimate of drug-likeness (QED) is 0.769. The second-order valence-corrected chi connectivity index (χ2v) is 5.79. The van der Waals surface area contributed by atoms with Gasteiger partial charge in [0.2, 0.25) is 0 Å². The van der Waals surface area contributed by atoms with Crippen LogP contribution in [0.15, 0.2) is 48.8 Å². The lowest BCUT2D eigenvalue weighted by Crippen LogP contribution is -2.35. The van der Waals surface area contributed by atoms with Crippen molar-refractivity contribution in [3.8, 4) is 11.4 Å². The molecule has 1 atom stereocenters. The molecule has 1 unspecified atom stereocenters. The highest BCUT2D eigenvalue weighted by molar-refractivity contribution is 5.94. The third-order valence-corrected chi connectivity index (χ3v) is 4.17. The van der Waals surface area contributed by atoms with Crippen molar-refractivity contribution in [2.75, 3.05) is 5.32 Å². The minimum atomic E-state index is -0.636. The minimum Gasteiger partial charge on any atom is -0.363 e. The van der Waals surface area contributed by atoms with E-state index >= 15 is 0 Å². The molecule has 3 aromatic rings. The van der Waals surface area contributed by atoms with Crippen molar-refractivity contribution in [1.82, 2.24) is 15.2 Å². The van der Waals surface area contributed by atoms with Crippen molar-refractivity contribution in [2.45, 2.75) is 19.1 Å². The van der Waals surface area contributed by atoms with Gasteiger partial charge in [-0.3, -0.25) is 9.89 Å². The van der Waals surface area contributed by atoms with Gasteiger partial charge >= 0.3 is 0 Å². The Morgan fingerprint density at radius 1 is 1.24 bits per heavy atom. The van der Waals surface area contributed by atoms with Crippen LogP contribution in [0.4, 0.5) is 10.1 Å². The van der Waals surface area contributed by atoms with E-state index in [1.54, 1.807) is 6.07 Å². The molecule has 1 aliphatic rings. The number of anilines is 1. The lowest BCUT2D eigenvalue weighted by Gasteiger charge is -2.24. The fourth-order valence-electron chi connectivity index (χ4n) is 2.84. The van der Waals surface area contributed by atoms with Crippen LogP contribution in [0.25, 0.3) is 11.4 Å². The highest BCUT2D eigenvalue weighted by atomic mass is 19.1. The van der Waals surface area contributed by atoms with Crippen LogP contribution in [0.5, 0.6) is 0 Å². The van der Waals surface area contributed by atoms with Crippen LogP contribution in [0.1, 0.15) is 11.1 Å². The molecule has 25 heavy (non-hydrogen) atoms. The van der Waals surface area contributed by atoms with Crippen LogP contribution >= 0.6 is 0 Å². The van der Waals surface area contributed by atoms with Gasteiger partial charge in [0.15, 0.2) is 5.82 Å². The molecule has 2 heterocycles. The summed E-state index contributed by atoms with van der Waals surface area (Å²) in [6, 6.07) is 12.3. The van der Waals surface area contributed by atoms with E-state index in [-0.39, 0.29) is 11.6 Å². The van der Waals surface area contributed by atoms with Crippen molar-refractivity contribution in [1.29, 1.82) is 0 Å². The highest BCUT2D eigenvalue weighted by Gasteiger charge is 2.26. The number of nitrogens with zero attached hydrogens (tertiary/aromatic N) is 2. The molecular weight excluding hydrogens is 323 g/mol. The van der Waals surface area contributed by atoms with Gasteiger partial charge in [0.25, 0.3) is 5.91 Å². The predicted octanol–water partition coefficient (Wildman–Crippen LogP) is 2.69. The summed E-state index contributed by atoms with van der Waals surface area (Å²) in [5.41, 5.74) is 2.82. The van der Waals surface area contributed by atoms with Gasteiger partial charge in [-0.05, 0) is 29.3 Å². The molecule has 1 aromatic heterocycles. The summed E-state index contributed by atoms with van der Waals surface area (Å²) < 4.78 is 19.9. The average molecular weight is 338 g/mol. The van der Waals surface area contributed by atoms with Crippen molar-refractivity contribution >= 4 is 11.6 Å². The van der Waals surface area contributed by atoms with Gasteiger partial charge in [0.1, 0.15) is 18.2 Å². The first-order valence-electron chi connectivity index (χ1n) is 7.85. The number of nitrogens with one attached hydrogen (secondary N) is 2. The number of carbonyl (C=O) groups excluding carboxylic acids is 1. The second kappa shape index (κ2) is 6.45. The smallest absolute Gasteiger partial charge is 0.253 e. The maximum absolute atomic E-state index is 14.3. The largest absolute Gasteiger partial charge is 0.363 e. The molecule has 7 heteroatoms. The first-order chi connectivity index (χ1) is 12.2. The van der Waals surface area contributed by atoms with Crippen LogP contribution in [0.3, 0.4) is 0 Å². The van der Waals surface area contributed by atoms with Gasteiger partial charge in [0.05, 0.1) is 12.3 Å². The predicted molar refractivity (Wildman–Crippen MR) is 89.1 cm³/mol. The molecule has 2 N–H and O–H groups in total. The molecule has 2 aromatic carbocycles. The average Bonchev–Trinajstić information content (AvgIpc) is 3.17. The number of amides is 1. The lowest BCUT2D eigenvalue weighted by molar-refractivity contribution is -0.129. The van der Waals surface area contributed by atoms with Gasteiger partial charge in [-0.15, -0.1) is 0 Å². The fourth-order valence-corrected chi connectivity index (χ4v) is 2.84. The molecular formula is C18H15FN4O2. The van der Waals surface area contributed by atoms with Gasteiger partial charge in [-0.2, -0.15) is 5.10 Å². The maximum Gasteiger partial charge on any atom is 0.253 e. The molecule has 126 valence electrons. The first-order valence-corrected chi connectivity index (χ1v) is 7.85. The van der Waals surface area contributed by atoms with Crippen LogP contribution in [-0.4, -0.2) is 27.2 Å². The number of benzene rings is 2. The number of H-pyrrole nitrogens is 1. The summed E-state index contributed by atoms with van der Waals surface area (Å²) in [6.07, 6.45) is 1.18. The number of ether oxygens (including phenoxy) is 1. The summed E-state index contributed by atoms with van der Waals surface area (Å²) >= 11 is 0. The normalized spacial score (nSPS) is 16.3. The van der Waals surface area contributed by atoms with Crippen molar-refractivity contribution in [3.05, 3.63) is 65.7 Å². The molecule has 6 nitrogen and oxygen atoms in total. The Balaban J connectivity index is 1.48. The number of hydrogen-bond acceptors (Lipinski definition) is 4. The third-order valence-electron chi connectivity index (χ3n) is 4.17. The molecule has 1 amide bonds. The third kappa shape index (κ3) is 3.14. The fraction of sp³-hybridized carbons (Fsp3) is 0.167. The summed E-state index contributed by atoms with van der Waals surface area (Å²) in [7, 11) is 0. The number of halogens is 1. The van der Waals surface area contributed by atoms with Crippen molar-refractivity contribution < 1.29 is 13.9 Å². The van der Waals surface area contributed by atoms with E-state index in [9.17, 15) is 9.18 Å². The van der Waals surface area contributed by atoms with Crippen LogP contribution < -0.4 is 5.32 Å². The Hall–Kier alpha value is -3.06. The molecule has 0 spiro atoms. The number of carbonyl (C=O) groups is 1. The van der Waals surface area contributed by atoms with E-state index < -0.39 is 11.9 Å². The molecule has 0 bridgehead atoms. The van der Waals surface area contributed by atoms with Gasteiger partial charge < -0.3 is 10.1 Å². The van der Waals surface area contributed by atoms with Gasteiger partial charge in [-0.25, -0.2) is 9.37 Å². The zero-order valence-electron chi connectivity index (χ0n) is 13.2. The highest BCUT2D eigenvalue weighted by Crippen LogP contribution is 2.24. The van der Waals surface area contributed by atoms with E-state index in [4.69, 9.17) is 4.74 Å². The lowest BCUT2D eigenvalue weighted by atomic mass is 9.99. The van der Waals surface area contributed by atoms with Crippen molar-refractivity contribution in [3.63, 3.8) is 0 Å². The molecule has 1 aliphatic heterocycles. The van der Waals surface area contributed by atoms with Gasteiger partial charge in [0, 0.05) is 12.0 Å². The topological polar surface area (TPSA) is 79.9 Å². The number of hydrogen-bond donors (Lipinski definition) is 2. The Bertz CT molecular complexity index is 911. The monoisotopic (exact) mass is 338 g/mol. The molecule has 0 saturated carbocycles. The summed E-state index contributed by atoms with van der Waals surface area (Å²) in [4.78, 5) is 16.4. The maximum atomic E-state index is 14.3. The molecule has 4 rings (SSSR count). The van der Waals surface area contributed by atoms with E-state index in [2.05, 4.69) is 20.5 Å². The summed E-state index contributed by atoms with van der Waals surface area (Å²) in [6.45, 7) is 0.376. The Labute approximate surface area is 143 Å². The zero-order valence-corrected chi connectivity index (χ0v) is 13.2. The van der Waals surface area contributed by atoms with E-state index in [1.165, 1.54) is 18.5 Å².